The quantitative estimate of drug-likeness (QED) is 0.916. The van der Waals surface area contributed by atoms with E-state index in [-0.39, 0.29) is 30.2 Å². The van der Waals surface area contributed by atoms with Crippen molar-refractivity contribution in [3.63, 3.8) is 0 Å². The van der Waals surface area contributed by atoms with E-state index in [0.717, 1.165) is 38.0 Å². The Morgan fingerprint density at radius 2 is 2.23 bits per heavy atom. The van der Waals surface area contributed by atoms with Crippen LogP contribution >= 0.6 is 12.4 Å². The second-order valence-corrected chi connectivity index (χ2v) is 5.98. The maximum atomic E-state index is 13.4. The van der Waals surface area contributed by atoms with Gasteiger partial charge < -0.3 is 10.2 Å². The summed E-state index contributed by atoms with van der Waals surface area (Å²) in [5.41, 5.74) is 0.934. The molecule has 4 nitrogen and oxygen atoms in total. The van der Waals surface area contributed by atoms with Gasteiger partial charge in [-0.2, -0.15) is 0 Å². The second-order valence-electron chi connectivity index (χ2n) is 5.98. The van der Waals surface area contributed by atoms with Crippen molar-refractivity contribution in [2.24, 2.45) is 0 Å². The number of carbonyl (C=O) groups excluding carboxylic acids is 1. The largest absolute Gasteiger partial charge is 0.342 e. The van der Waals surface area contributed by atoms with Crippen LogP contribution in [0.2, 0.25) is 0 Å². The molecule has 1 saturated heterocycles. The molecule has 0 aromatic heterocycles. The highest BCUT2D eigenvalue weighted by Gasteiger charge is 2.32. The van der Waals surface area contributed by atoms with Gasteiger partial charge >= 0.3 is 0 Å². The van der Waals surface area contributed by atoms with Crippen LogP contribution in [0.3, 0.4) is 0 Å². The molecule has 1 aliphatic carbocycles. The first-order valence-corrected chi connectivity index (χ1v) is 7.61. The van der Waals surface area contributed by atoms with E-state index in [1.54, 1.807) is 12.1 Å². The highest BCUT2D eigenvalue weighted by Crippen LogP contribution is 2.27. The summed E-state index contributed by atoms with van der Waals surface area (Å²) >= 11 is 0. The fourth-order valence-electron chi connectivity index (χ4n) is 2.93. The zero-order valence-electron chi connectivity index (χ0n) is 12.8. The first-order chi connectivity index (χ1) is 10.1. The van der Waals surface area contributed by atoms with E-state index in [1.807, 2.05) is 18.0 Å². The van der Waals surface area contributed by atoms with Crippen molar-refractivity contribution in [3.8, 4) is 0 Å². The molecule has 1 aromatic carbocycles. The van der Waals surface area contributed by atoms with Crippen LogP contribution < -0.4 is 5.32 Å². The Balaban J connectivity index is 0.00000176. The fourth-order valence-corrected chi connectivity index (χ4v) is 2.93. The molecule has 6 heteroatoms. The number of hydrogen-bond donors (Lipinski definition) is 1. The Hall–Kier alpha value is -1.17. The third-order valence-corrected chi connectivity index (χ3v) is 4.41. The molecular weight excluding hydrogens is 305 g/mol. The van der Waals surface area contributed by atoms with Gasteiger partial charge in [0.2, 0.25) is 5.91 Å². The smallest absolute Gasteiger partial charge is 0.236 e. The first-order valence-electron chi connectivity index (χ1n) is 7.61. The molecule has 0 spiro atoms. The Bertz CT molecular complexity index is 524. The van der Waals surface area contributed by atoms with Gasteiger partial charge in [0.1, 0.15) is 5.82 Å². The molecule has 122 valence electrons. The number of nitrogens with one attached hydrogen (secondary N) is 1. The van der Waals surface area contributed by atoms with Crippen LogP contribution in [0.15, 0.2) is 24.3 Å². The molecule has 1 heterocycles. The Labute approximate surface area is 137 Å². The minimum Gasteiger partial charge on any atom is -0.342 e. The van der Waals surface area contributed by atoms with Gasteiger partial charge in [-0.05, 0) is 30.5 Å². The monoisotopic (exact) mass is 327 g/mol. The number of benzene rings is 1. The van der Waals surface area contributed by atoms with Gasteiger partial charge in [0.05, 0.1) is 6.54 Å². The lowest BCUT2D eigenvalue weighted by molar-refractivity contribution is -0.132. The standard InChI is InChI=1S/C16H22FN3O.ClH/c1-19(14-5-6-14)16(21)11-20-8-7-18-10-15(20)12-3-2-4-13(17)9-12;/h2-4,9,14-15,18H,5-8,10-11H2,1H3;1H. The average Bonchev–Trinajstić information content (AvgIpc) is 3.31. The summed E-state index contributed by atoms with van der Waals surface area (Å²) in [5, 5.41) is 3.33. The van der Waals surface area contributed by atoms with Crippen LogP contribution in [0.4, 0.5) is 4.39 Å². The lowest BCUT2D eigenvalue weighted by atomic mass is 10.0. The van der Waals surface area contributed by atoms with Crippen molar-refractivity contribution in [2.45, 2.75) is 24.9 Å². The van der Waals surface area contributed by atoms with E-state index in [4.69, 9.17) is 0 Å². The van der Waals surface area contributed by atoms with Crippen molar-refractivity contribution >= 4 is 18.3 Å². The maximum absolute atomic E-state index is 13.4. The lowest BCUT2D eigenvalue weighted by Crippen LogP contribution is -2.50. The number of nitrogens with zero attached hydrogens (tertiary/aromatic N) is 2. The molecule has 1 amide bonds. The van der Waals surface area contributed by atoms with E-state index >= 15 is 0 Å². The van der Waals surface area contributed by atoms with E-state index in [9.17, 15) is 9.18 Å². The number of amides is 1. The highest BCUT2D eigenvalue weighted by molar-refractivity contribution is 5.85. The number of rotatable bonds is 4. The van der Waals surface area contributed by atoms with Gasteiger partial charge in [-0.1, -0.05) is 12.1 Å². The van der Waals surface area contributed by atoms with Crippen LogP contribution in [-0.4, -0.2) is 55.0 Å². The predicted octanol–water partition coefficient (Wildman–Crippen LogP) is 1.81. The topological polar surface area (TPSA) is 35.6 Å². The molecule has 2 aliphatic rings. The van der Waals surface area contributed by atoms with Gasteiger partial charge in [-0.3, -0.25) is 9.69 Å². The molecule has 1 atom stereocenters. The third kappa shape index (κ3) is 3.97. The molecule has 2 fully saturated rings. The predicted molar refractivity (Wildman–Crippen MR) is 86.6 cm³/mol. The summed E-state index contributed by atoms with van der Waals surface area (Å²) in [7, 11) is 1.89. The highest BCUT2D eigenvalue weighted by atomic mass is 35.5. The van der Waals surface area contributed by atoms with Gasteiger partial charge in [-0.15, -0.1) is 12.4 Å². The molecule has 1 N–H and O–H groups in total. The molecule has 0 radical (unpaired) electrons. The molecule has 3 rings (SSSR count). The third-order valence-electron chi connectivity index (χ3n) is 4.41. The molecule has 1 aliphatic heterocycles. The van der Waals surface area contributed by atoms with Crippen LogP contribution in [0.1, 0.15) is 24.4 Å². The summed E-state index contributed by atoms with van der Waals surface area (Å²) in [4.78, 5) is 16.4. The zero-order chi connectivity index (χ0) is 14.8. The van der Waals surface area contributed by atoms with Crippen molar-refractivity contribution in [1.82, 2.24) is 15.1 Å². The van der Waals surface area contributed by atoms with Crippen molar-refractivity contribution in [1.29, 1.82) is 0 Å². The molecule has 0 bridgehead atoms. The van der Waals surface area contributed by atoms with Gasteiger partial charge in [0.15, 0.2) is 0 Å². The zero-order valence-corrected chi connectivity index (χ0v) is 13.6. The SMILES string of the molecule is CN(C(=O)CN1CCNCC1c1cccc(F)c1)C1CC1.Cl. The maximum Gasteiger partial charge on any atom is 0.236 e. The lowest BCUT2D eigenvalue weighted by Gasteiger charge is -2.36. The van der Waals surface area contributed by atoms with Crippen LogP contribution in [-0.2, 0) is 4.79 Å². The number of halogens is 2. The average molecular weight is 328 g/mol. The minimum absolute atomic E-state index is 0. The van der Waals surface area contributed by atoms with E-state index < -0.39 is 0 Å². The summed E-state index contributed by atoms with van der Waals surface area (Å²) in [6.45, 7) is 2.84. The second kappa shape index (κ2) is 7.40. The summed E-state index contributed by atoms with van der Waals surface area (Å²) < 4.78 is 13.4. The molecule has 22 heavy (non-hydrogen) atoms. The van der Waals surface area contributed by atoms with E-state index in [2.05, 4.69) is 10.2 Å². The Kier molecular flexibility index (Phi) is 5.78. The molecule has 1 unspecified atom stereocenters. The van der Waals surface area contributed by atoms with E-state index in [1.165, 1.54) is 6.07 Å². The van der Waals surface area contributed by atoms with Crippen molar-refractivity contribution in [3.05, 3.63) is 35.6 Å². The van der Waals surface area contributed by atoms with Crippen LogP contribution in [0.25, 0.3) is 0 Å². The van der Waals surface area contributed by atoms with Gasteiger partial charge in [-0.25, -0.2) is 4.39 Å². The molecular formula is C16H23ClFN3O. The number of carbonyl (C=O) groups is 1. The summed E-state index contributed by atoms with van der Waals surface area (Å²) in [5.74, 6) is -0.0553. The molecule has 1 saturated carbocycles. The van der Waals surface area contributed by atoms with Gasteiger partial charge in [0.25, 0.3) is 0 Å². The Morgan fingerprint density at radius 3 is 2.91 bits per heavy atom. The normalized spacial score (nSPS) is 22.0. The van der Waals surface area contributed by atoms with Crippen molar-refractivity contribution < 1.29 is 9.18 Å². The molecule has 1 aromatic rings. The van der Waals surface area contributed by atoms with E-state index in [0.29, 0.717) is 12.6 Å². The summed E-state index contributed by atoms with van der Waals surface area (Å²) in [6, 6.07) is 7.19. The first kappa shape index (κ1) is 17.2. The number of likely N-dealkylation sites (N-methyl/N-ethyl adjacent to an activating group) is 1. The van der Waals surface area contributed by atoms with Crippen LogP contribution in [0, 0.1) is 5.82 Å². The fraction of sp³-hybridized carbons (Fsp3) is 0.562. The number of piperazine rings is 1. The Morgan fingerprint density at radius 1 is 1.45 bits per heavy atom. The van der Waals surface area contributed by atoms with Crippen LogP contribution in [0.5, 0.6) is 0 Å². The summed E-state index contributed by atoms with van der Waals surface area (Å²) in [6.07, 6.45) is 2.24. The minimum atomic E-state index is -0.223. The van der Waals surface area contributed by atoms with Crippen molar-refractivity contribution in [2.75, 3.05) is 33.2 Å². The van der Waals surface area contributed by atoms with Gasteiger partial charge in [0, 0.05) is 38.8 Å². The number of hydrogen-bond acceptors (Lipinski definition) is 3.